The van der Waals surface area contributed by atoms with E-state index in [-0.39, 0.29) is 44.2 Å². The fourth-order valence-corrected chi connectivity index (χ4v) is 7.71. The van der Waals surface area contributed by atoms with E-state index in [1.54, 1.807) is 37.3 Å². The minimum Gasteiger partial charge on any atom is -0.507 e. The Morgan fingerprint density at radius 2 is 1.10 bits per heavy atom. The molecule has 0 aromatic heterocycles. The molecule has 0 atom stereocenters. The maximum Gasteiger partial charge on any atom is 0.339 e. The maximum atomic E-state index is 12.5. The number of aryl methyl sites for hydroxylation is 2. The summed E-state index contributed by atoms with van der Waals surface area (Å²) >= 11 is 0. The molecule has 18 nitrogen and oxygen atoms in total. The lowest BCUT2D eigenvalue weighted by molar-refractivity contribution is 0.0693. The second kappa shape index (κ2) is 15.8. The summed E-state index contributed by atoms with van der Waals surface area (Å²) in [4.78, 5) is 9.94. The second-order valence-corrected chi connectivity index (χ2v) is 16.3. The third-order valence-corrected chi connectivity index (χ3v) is 11.1. The highest BCUT2D eigenvalue weighted by molar-refractivity contribution is 7.86. The van der Waals surface area contributed by atoms with E-state index in [9.17, 15) is 56.3 Å². The van der Waals surface area contributed by atoms with Crippen molar-refractivity contribution in [2.75, 3.05) is 0 Å². The molecule has 0 heterocycles. The number of phenolic OH excluding ortho intramolecular Hbond substituents is 3. The summed E-state index contributed by atoms with van der Waals surface area (Å²) in [6, 6.07) is 24.0. The smallest absolute Gasteiger partial charge is 0.339 e. The highest BCUT2D eigenvalue weighted by Crippen LogP contribution is 2.45. The molecule has 308 valence electrons. The fraction of sp³-hybridized carbons (Fsp3) is 0.0488. The Morgan fingerprint density at radius 3 is 1.69 bits per heavy atom. The Kier molecular flexibility index (Phi) is 10.8. The van der Waals surface area contributed by atoms with Crippen LogP contribution in [0.2, 0.25) is 0 Å². The lowest BCUT2D eigenvalue weighted by atomic mass is 10.0. The molecular weight excluding hydrogens is 833 g/mol. The number of rotatable bonds is 10. The van der Waals surface area contributed by atoms with Crippen molar-refractivity contribution in [2.45, 2.75) is 23.6 Å². The molecule has 61 heavy (non-hydrogen) atoms. The predicted octanol–water partition coefficient (Wildman–Crippen LogP) is 10.5. The first kappa shape index (κ1) is 41.5. The zero-order chi connectivity index (χ0) is 44.0. The largest absolute Gasteiger partial charge is 0.507 e. The van der Waals surface area contributed by atoms with Crippen molar-refractivity contribution >= 4 is 81.9 Å². The normalized spacial score (nSPS) is 12.4. The van der Waals surface area contributed by atoms with Gasteiger partial charge in [0.1, 0.15) is 38.2 Å². The Hall–Kier alpha value is -7.65. The predicted molar refractivity (Wildman–Crippen MR) is 221 cm³/mol. The van der Waals surface area contributed by atoms with Crippen LogP contribution in [0.3, 0.4) is 0 Å². The number of aromatic hydroxyl groups is 4. The number of carboxylic acids is 1. The van der Waals surface area contributed by atoms with Crippen LogP contribution in [0.4, 0.5) is 34.1 Å². The third kappa shape index (κ3) is 8.45. The molecule has 7 aromatic rings. The van der Waals surface area contributed by atoms with Gasteiger partial charge < -0.3 is 25.5 Å². The van der Waals surface area contributed by atoms with Gasteiger partial charge in [0.05, 0.1) is 28.1 Å². The van der Waals surface area contributed by atoms with Crippen molar-refractivity contribution in [3.05, 3.63) is 120 Å². The summed E-state index contributed by atoms with van der Waals surface area (Å²) < 4.78 is 69.2. The molecule has 0 aliphatic heterocycles. The van der Waals surface area contributed by atoms with Crippen LogP contribution in [-0.2, 0) is 20.2 Å². The molecule has 7 rings (SSSR count). The van der Waals surface area contributed by atoms with Crippen LogP contribution in [0.25, 0.3) is 32.7 Å². The van der Waals surface area contributed by atoms with Gasteiger partial charge in [-0.15, -0.1) is 10.2 Å². The van der Waals surface area contributed by atoms with Crippen molar-refractivity contribution in [3.63, 3.8) is 0 Å². The highest BCUT2D eigenvalue weighted by Gasteiger charge is 2.24. The van der Waals surface area contributed by atoms with Crippen LogP contribution in [0.15, 0.2) is 144 Å². The molecule has 0 bridgehead atoms. The number of phenols is 4. The molecule has 0 aliphatic rings. The Bertz CT molecular complexity index is 3320. The standard InChI is InChI=1S/C41H30N6O12S2/c1-20-14-22(7-11-30(20)44-42-26-10-13-33(48)29(18-26)41(52)53)23-8-12-31(21(2)15-23)45-47-38-36(61(57,58)59)16-24-6-9-25(17-28(24)39(38)50)43-46-32-19-35(60(54,55)56)27-4-3-5-34(49)37(27)40(32)51/h3-19,48-51H,1-2H3,(H,52,53)(H,54,55,56)(H,57,58,59). The van der Waals surface area contributed by atoms with E-state index in [4.69, 9.17) is 0 Å². The van der Waals surface area contributed by atoms with Gasteiger partial charge in [-0.2, -0.15) is 37.3 Å². The van der Waals surface area contributed by atoms with Gasteiger partial charge in [0.25, 0.3) is 20.2 Å². The van der Waals surface area contributed by atoms with Crippen LogP contribution in [0.1, 0.15) is 21.5 Å². The molecule has 0 saturated carbocycles. The van der Waals surface area contributed by atoms with Crippen molar-refractivity contribution in [1.29, 1.82) is 0 Å². The van der Waals surface area contributed by atoms with Gasteiger partial charge in [-0.3, -0.25) is 9.11 Å². The van der Waals surface area contributed by atoms with Crippen LogP contribution in [-0.4, -0.2) is 57.4 Å². The first-order valence-electron chi connectivity index (χ1n) is 17.6. The number of nitrogens with zero attached hydrogens (tertiary/aromatic N) is 6. The molecule has 0 saturated heterocycles. The molecule has 0 fully saturated rings. The summed E-state index contributed by atoms with van der Waals surface area (Å²) in [6.45, 7) is 3.54. The van der Waals surface area contributed by atoms with Gasteiger partial charge in [-0.25, -0.2) is 4.79 Å². The summed E-state index contributed by atoms with van der Waals surface area (Å²) in [6.07, 6.45) is 0. The fourth-order valence-electron chi connectivity index (χ4n) is 6.35. The van der Waals surface area contributed by atoms with Crippen molar-refractivity contribution < 1.29 is 56.3 Å². The molecule has 20 heteroatoms. The van der Waals surface area contributed by atoms with Gasteiger partial charge in [-0.1, -0.05) is 30.3 Å². The van der Waals surface area contributed by atoms with Crippen molar-refractivity contribution in [2.24, 2.45) is 30.7 Å². The SMILES string of the molecule is Cc1cc(-c2ccc(N=Nc3c(S(=O)(=O)O)cc4ccc(N=Nc5cc(S(=O)(=O)O)c6cccc(O)c6c5O)cc4c3O)c(C)c2)ccc1N=Nc1ccc(O)c(C(=O)O)c1. The molecule has 7 aromatic carbocycles. The first-order chi connectivity index (χ1) is 28.8. The zero-order valence-corrected chi connectivity index (χ0v) is 33.1. The molecule has 7 N–H and O–H groups in total. The minimum absolute atomic E-state index is 0.00435. The lowest BCUT2D eigenvalue weighted by Gasteiger charge is -2.10. The van der Waals surface area contributed by atoms with E-state index in [1.165, 1.54) is 54.6 Å². The number of hydrogen-bond acceptors (Lipinski definition) is 15. The maximum absolute atomic E-state index is 12.5. The number of carboxylic acid groups (broad SMARTS) is 1. The highest BCUT2D eigenvalue weighted by atomic mass is 32.2. The molecule has 0 aliphatic carbocycles. The summed E-state index contributed by atoms with van der Waals surface area (Å²) in [5, 5.41) is 75.6. The average molecular weight is 863 g/mol. The summed E-state index contributed by atoms with van der Waals surface area (Å²) in [7, 11) is -9.81. The van der Waals surface area contributed by atoms with E-state index >= 15 is 0 Å². The molecule has 0 spiro atoms. The molecular formula is C41H30N6O12S2. The van der Waals surface area contributed by atoms with E-state index in [0.29, 0.717) is 11.3 Å². The van der Waals surface area contributed by atoms with Gasteiger partial charge in [-0.05, 0) is 114 Å². The van der Waals surface area contributed by atoms with Gasteiger partial charge in [0.2, 0.25) is 0 Å². The summed E-state index contributed by atoms with van der Waals surface area (Å²) in [5.41, 5.74) is 2.60. The zero-order valence-electron chi connectivity index (χ0n) is 31.5. The van der Waals surface area contributed by atoms with E-state index in [0.717, 1.165) is 28.8 Å². The van der Waals surface area contributed by atoms with E-state index < -0.39 is 70.4 Å². The van der Waals surface area contributed by atoms with Crippen molar-refractivity contribution in [3.8, 4) is 34.1 Å². The number of benzene rings is 7. The van der Waals surface area contributed by atoms with Crippen molar-refractivity contribution in [1.82, 2.24) is 0 Å². The first-order valence-corrected chi connectivity index (χ1v) is 20.4. The van der Waals surface area contributed by atoms with Crippen LogP contribution >= 0.6 is 0 Å². The van der Waals surface area contributed by atoms with E-state index in [1.807, 2.05) is 13.0 Å². The van der Waals surface area contributed by atoms with Gasteiger partial charge in [0, 0.05) is 10.8 Å². The summed E-state index contributed by atoms with van der Waals surface area (Å²) in [5.74, 6) is -3.54. The third-order valence-electron chi connectivity index (χ3n) is 9.39. The van der Waals surface area contributed by atoms with Gasteiger partial charge >= 0.3 is 5.97 Å². The number of carbonyl (C=O) groups is 1. The average Bonchev–Trinajstić information content (AvgIpc) is 3.19. The van der Waals surface area contributed by atoms with Crippen LogP contribution in [0.5, 0.6) is 23.0 Å². The van der Waals surface area contributed by atoms with Crippen LogP contribution < -0.4 is 0 Å². The van der Waals surface area contributed by atoms with E-state index in [2.05, 4.69) is 30.7 Å². The number of fused-ring (bicyclic) bond motifs is 2. The second-order valence-electron chi connectivity index (χ2n) is 13.5. The molecule has 0 radical (unpaired) electrons. The quantitative estimate of drug-likeness (QED) is 0.0499. The molecule has 0 amide bonds. The lowest BCUT2D eigenvalue weighted by Crippen LogP contribution is -1.99. The monoisotopic (exact) mass is 862 g/mol. The number of azo groups is 3. The number of hydrogen-bond donors (Lipinski definition) is 7. The molecule has 0 unspecified atom stereocenters. The minimum atomic E-state index is -4.96. The Morgan fingerprint density at radius 1 is 0.525 bits per heavy atom. The number of aromatic carboxylic acids is 1. The van der Waals surface area contributed by atoms with Crippen LogP contribution in [0, 0.1) is 13.8 Å². The Balaban J connectivity index is 1.19. The Labute approximate surface area is 345 Å². The van der Waals surface area contributed by atoms with Gasteiger partial charge in [0.15, 0.2) is 11.5 Å². The topological polar surface area (TPSA) is 301 Å².